The van der Waals surface area contributed by atoms with E-state index in [0.29, 0.717) is 16.5 Å². The standard InChI is InChI=1S/C19H17N3O6S/c1-26-13-6-4-12(5-7-13)17-21-15(11-29-17)18(24)28-10-16(23)22-19(25)20-9-14-3-2-8-27-14/h2-8,11H,9-10H2,1H3,(H2,20,22,23,25). The van der Waals surface area contributed by atoms with Crippen LogP contribution in [0.1, 0.15) is 16.2 Å². The van der Waals surface area contributed by atoms with Gasteiger partial charge in [-0.1, -0.05) is 0 Å². The molecule has 9 nitrogen and oxygen atoms in total. The van der Waals surface area contributed by atoms with E-state index >= 15 is 0 Å². The first kappa shape index (κ1) is 20.1. The van der Waals surface area contributed by atoms with E-state index in [1.165, 1.54) is 23.0 Å². The van der Waals surface area contributed by atoms with E-state index < -0.39 is 24.5 Å². The third-order valence-electron chi connectivity index (χ3n) is 3.64. The van der Waals surface area contributed by atoms with Gasteiger partial charge in [0, 0.05) is 10.9 Å². The summed E-state index contributed by atoms with van der Waals surface area (Å²) in [6.07, 6.45) is 1.47. The summed E-state index contributed by atoms with van der Waals surface area (Å²) in [5, 5.41) is 6.66. The van der Waals surface area contributed by atoms with Gasteiger partial charge in [0.2, 0.25) is 0 Å². The summed E-state index contributed by atoms with van der Waals surface area (Å²) < 4.78 is 15.1. The van der Waals surface area contributed by atoms with Gasteiger partial charge >= 0.3 is 12.0 Å². The number of methoxy groups -OCH3 is 1. The highest BCUT2D eigenvalue weighted by molar-refractivity contribution is 7.13. The lowest BCUT2D eigenvalue weighted by molar-refractivity contribution is -0.123. The predicted octanol–water partition coefficient (Wildman–Crippen LogP) is 2.59. The molecule has 10 heteroatoms. The second-order valence-electron chi connectivity index (χ2n) is 5.65. The van der Waals surface area contributed by atoms with Crippen molar-refractivity contribution in [2.24, 2.45) is 0 Å². The Morgan fingerprint density at radius 1 is 1.17 bits per heavy atom. The van der Waals surface area contributed by atoms with Gasteiger partial charge in [-0.3, -0.25) is 10.1 Å². The van der Waals surface area contributed by atoms with Gasteiger partial charge in [-0.25, -0.2) is 14.6 Å². The summed E-state index contributed by atoms with van der Waals surface area (Å²) in [7, 11) is 1.57. The molecule has 0 bridgehead atoms. The highest BCUT2D eigenvalue weighted by Gasteiger charge is 2.16. The number of nitrogens with zero attached hydrogens (tertiary/aromatic N) is 1. The molecular weight excluding hydrogens is 398 g/mol. The van der Waals surface area contributed by atoms with Crippen molar-refractivity contribution < 1.29 is 28.3 Å². The number of rotatable bonds is 7. The van der Waals surface area contributed by atoms with Crippen LogP contribution in [0.5, 0.6) is 5.75 Å². The average Bonchev–Trinajstić information content (AvgIpc) is 3.42. The van der Waals surface area contributed by atoms with Gasteiger partial charge in [-0.15, -0.1) is 11.3 Å². The minimum atomic E-state index is -0.763. The molecule has 2 aromatic heterocycles. The topological polar surface area (TPSA) is 120 Å². The lowest BCUT2D eigenvalue weighted by Crippen LogP contribution is -2.41. The number of imide groups is 1. The molecule has 0 spiro atoms. The fourth-order valence-electron chi connectivity index (χ4n) is 2.23. The molecule has 0 aliphatic carbocycles. The molecule has 0 atom stereocenters. The maximum atomic E-state index is 12.1. The van der Waals surface area contributed by atoms with Crippen molar-refractivity contribution in [2.45, 2.75) is 6.54 Å². The number of hydrogen-bond acceptors (Lipinski definition) is 8. The van der Waals surface area contributed by atoms with Crippen molar-refractivity contribution >= 4 is 29.2 Å². The van der Waals surface area contributed by atoms with Gasteiger partial charge in [0.15, 0.2) is 12.3 Å². The smallest absolute Gasteiger partial charge is 0.358 e. The minimum Gasteiger partial charge on any atom is -0.497 e. The first-order valence-corrected chi connectivity index (χ1v) is 9.30. The fraction of sp³-hybridized carbons (Fsp3) is 0.158. The summed E-state index contributed by atoms with van der Waals surface area (Å²) in [5.41, 5.74) is 0.900. The molecule has 0 saturated heterocycles. The third-order valence-corrected chi connectivity index (χ3v) is 4.53. The summed E-state index contributed by atoms with van der Waals surface area (Å²) in [5.74, 6) is -0.271. The molecule has 0 aliphatic heterocycles. The molecule has 2 N–H and O–H groups in total. The molecule has 2 heterocycles. The largest absolute Gasteiger partial charge is 0.497 e. The Hall–Kier alpha value is -3.66. The summed E-state index contributed by atoms with van der Waals surface area (Å²) in [6, 6.07) is 9.85. The number of amides is 3. The summed E-state index contributed by atoms with van der Waals surface area (Å²) in [4.78, 5) is 39.6. The highest BCUT2D eigenvalue weighted by atomic mass is 32.1. The lowest BCUT2D eigenvalue weighted by atomic mass is 10.2. The first-order chi connectivity index (χ1) is 14.0. The van der Waals surface area contributed by atoms with Crippen LogP contribution in [0.25, 0.3) is 10.6 Å². The van der Waals surface area contributed by atoms with Crippen LogP contribution in [0.15, 0.2) is 52.5 Å². The Labute approximate surface area is 169 Å². The number of nitrogens with one attached hydrogen (secondary N) is 2. The number of aromatic nitrogens is 1. The number of furan rings is 1. The summed E-state index contributed by atoms with van der Waals surface area (Å²) in [6.45, 7) is -0.485. The van der Waals surface area contributed by atoms with Gasteiger partial charge in [0.1, 0.15) is 16.5 Å². The molecule has 0 fully saturated rings. The zero-order chi connectivity index (χ0) is 20.6. The number of carbonyl (C=O) groups excluding carboxylic acids is 3. The Morgan fingerprint density at radius 2 is 1.97 bits per heavy atom. The molecule has 0 unspecified atom stereocenters. The lowest BCUT2D eigenvalue weighted by Gasteiger charge is -2.06. The maximum absolute atomic E-state index is 12.1. The van der Waals surface area contributed by atoms with Crippen LogP contribution in [0.3, 0.4) is 0 Å². The zero-order valence-electron chi connectivity index (χ0n) is 15.3. The molecule has 3 aromatic rings. The fourth-order valence-corrected chi connectivity index (χ4v) is 3.02. The molecule has 29 heavy (non-hydrogen) atoms. The quantitative estimate of drug-likeness (QED) is 0.569. The predicted molar refractivity (Wildman–Crippen MR) is 103 cm³/mol. The average molecular weight is 415 g/mol. The normalized spacial score (nSPS) is 10.2. The Bertz CT molecular complexity index is 982. The Balaban J connectivity index is 1.45. The van der Waals surface area contributed by atoms with Crippen molar-refractivity contribution in [3.8, 4) is 16.3 Å². The first-order valence-electron chi connectivity index (χ1n) is 8.42. The molecule has 1 aromatic carbocycles. The van der Waals surface area contributed by atoms with E-state index in [-0.39, 0.29) is 12.2 Å². The van der Waals surface area contributed by atoms with E-state index in [0.717, 1.165) is 5.56 Å². The third kappa shape index (κ3) is 5.66. The minimum absolute atomic E-state index is 0.0795. The van der Waals surface area contributed by atoms with Gasteiger partial charge in [-0.2, -0.15) is 0 Å². The van der Waals surface area contributed by atoms with E-state index in [1.807, 2.05) is 12.1 Å². The zero-order valence-corrected chi connectivity index (χ0v) is 16.2. The van der Waals surface area contributed by atoms with E-state index in [4.69, 9.17) is 13.9 Å². The van der Waals surface area contributed by atoms with Crippen LogP contribution < -0.4 is 15.4 Å². The SMILES string of the molecule is COc1ccc(-c2nc(C(=O)OCC(=O)NC(=O)NCc3ccco3)cs2)cc1. The van der Waals surface area contributed by atoms with E-state index in [1.54, 1.807) is 31.4 Å². The molecule has 0 saturated carbocycles. The van der Waals surface area contributed by atoms with Gasteiger partial charge in [0.05, 0.1) is 19.9 Å². The van der Waals surface area contributed by atoms with Crippen molar-refractivity contribution in [2.75, 3.05) is 13.7 Å². The number of urea groups is 1. The molecule has 3 amide bonds. The van der Waals surface area contributed by atoms with Gasteiger partial charge in [-0.05, 0) is 36.4 Å². The maximum Gasteiger partial charge on any atom is 0.358 e. The molecule has 0 radical (unpaired) electrons. The number of ether oxygens (including phenoxy) is 2. The van der Waals surface area contributed by atoms with Gasteiger partial charge in [0.25, 0.3) is 5.91 Å². The summed E-state index contributed by atoms with van der Waals surface area (Å²) >= 11 is 1.27. The number of carbonyl (C=O) groups is 3. The van der Waals surface area contributed by atoms with Crippen LogP contribution in [0.2, 0.25) is 0 Å². The van der Waals surface area contributed by atoms with E-state index in [2.05, 4.69) is 15.6 Å². The van der Waals surface area contributed by atoms with Crippen molar-refractivity contribution in [1.29, 1.82) is 0 Å². The van der Waals surface area contributed by atoms with Crippen LogP contribution >= 0.6 is 11.3 Å². The second-order valence-corrected chi connectivity index (χ2v) is 6.51. The van der Waals surface area contributed by atoms with Crippen LogP contribution in [0.4, 0.5) is 4.79 Å². The van der Waals surface area contributed by atoms with Crippen LogP contribution in [-0.2, 0) is 16.1 Å². The van der Waals surface area contributed by atoms with Crippen molar-refractivity contribution in [1.82, 2.24) is 15.6 Å². The molecule has 3 rings (SSSR count). The second kappa shape index (κ2) is 9.51. The highest BCUT2D eigenvalue weighted by Crippen LogP contribution is 2.25. The van der Waals surface area contributed by atoms with E-state index in [9.17, 15) is 14.4 Å². The number of thiazole rings is 1. The van der Waals surface area contributed by atoms with Crippen LogP contribution in [0, 0.1) is 0 Å². The van der Waals surface area contributed by atoms with Crippen molar-refractivity contribution in [3.05, 3.63) is 59.5 Å². The van der Waals surface area contributed by atoms with Crippen LogP contribution in [-0.4, -0.2) is 36.6 Å². The number of benzene rings is 1. The van der Waals surface area contributed by atoms with Gasteiger partial charge < -0.3 is 19.2 Å². The Kier molecular flexibility index (Phi) is 6.59. The molecule has 150 valence electrons. The Morgan fingerprint density at radius 3 is 2.66 bits per heavy atom. The molecule has 0 aliphatic rings. The monoisotopic (exact) mass is 415 g/mol. The number of hydrogen-bond donors (Lipinski definition) is 2. The molecular formula is C19H17N3O6S. The number of esters is 1. The van der Waals surface area contributed by atoms with Crippen molar-refractivity contribution in [3.63, 3.8) is 0 Å².